The molecule has 1 N–H and O–H groups in total. The quantitative estimate of drug-likeness (QED) is 0.499. The number of carbonyl (C=O) groups excluding carboxylic acids is 1. The minimum Gasteiger partial charge on any atom is -0.505 e. The third kappa shape index (κ3) is 3.15. The summed E-state index contributed by atoms with van der Waals surface area (Å²) in [5.41, 5.74) is 1.02. The summed E-state index contributed by atoms with van der Waals surface area (Å²) in [7, 11) is 0. The van der Waals surface area contributed by atoms with Crippen LogP contribution < -0.4 is 0 Å². The molecule has 5 nitrogen and oxygen atoms in total. The van der Waals surface area contributed by atoms with E-state index in [-0.39, 0.29) is 33.0 Å². The largest absolute Gasteiger partial charge is 0.505 e. The van der Waals surface area contributed by atoms with Crippen molar-refractivity contribution in [2.24, 2.45) is 0 Å². The van der Waals surface area contributed by atoms with Gasteiger partial charge in [0, 0.05) is 6.54 Å². The van der Waals surface area contributed by atoms with Crippen molar-refractivity contribution in [1.29, 1.82) is 0 Å². The molecule has 8 heteroatoms. The number of aromatic nitrogens is 2. The van der Waals surface area contributed by atoms with E-state index in [0.717, 1.165) is 5.56 Å². The number of pyridine rings is 1. The Bertz CT molecular complexity index is 955. The summed E-state index contributed by atoms with van der Waals surface area (Å²) in [6, 6.07) is 9.53. The van der Waals surface area contributed by atoms with Gasteiger partial charge < -0.3 is 14.4 Å². The lowest BCUT2D eigenvalue weighted by Gasteiger charge is -2.10. The maximum atomic E-state index is 12.0. The van der Waals surface area contributed by atoms with Crippen molar-refractivity contribution >= 4 is 51.7 Å². The van der Waals surface area contributed by atoms with Gasteiger partial charge in [-0.05, 0) is 12.5 Å². The Morgan fingerprint density at radius 1 is 1.24 bits per heavy atom. The molecule has 2 aromatic heterocycles. The molecule has 0 saturated carbocycles. The van der Waals surface area contributed by atoms with E-state index in [1.807, 2.05) is 30.3 Å². The average Bonchev–Trinajstić information content (AvgIpc) is 2.85. The van der Waals surface area contributed by atoms with Crippen LogP contribution in [0.4, 0.5) is 0 Å². The molecule has 0 atom stereocenters. The number of hydrogen-bond acceptors (Lipinski definition) is 4. The lowest BCUT2D eigenvalue weighted by atomic mass is 10.2. The van der Waals surface area contributed by atoms with Crippen molar-refractivity contribution in [3.05, 3.63) is 56.9 Å². The highest BCUT2D eigenvalue weighted by Gasteiger charge is 2.26. The van der Waals surface area contributed by atoms with Gasteiger partial charge in [0.25, 0.3) is 0 Å². The first-order valence-electron chi connectivity index (χ1n) is 7.42. The molecule has 3 aromatic rings. The van der Waals surface area contributed by atoms with Gasteiger partial charge >= 0.3 is 5.97 Å². The number of nitrogens with zero attached hydrogens (tertiary/aromatic N) is 2. The molecular formula is C17H13Cl3N2O3. The van der Waals surface area contributed by atoms with Gasteiger partial charge in [-0.15, -0.1) is 0 Å². The number of hydrogen-bond donors (Lipinski definition) is 1. The molecule has 0 aliphatic carbocycles. The van der Waals surface area contributed by atoms with Crippen molar-refractivity contribution in [3.63, 3.8) is 0 Å². The molecule has 0 radical (unpaired) electrons. The maximum Gasteiger partial charge on any atom is 0.360 e. The zero-order valence-corrected chi connectivity index (χ0v) is 15.4. The number of carbonyl (C=O) groups is 1. The number of esters is 1. The average molecular weight is 400 g/mol. The summed E-state index contributed by atoms with van der Waals surface area (Å²) in [5, 5.41) is 10.9. The first kappa shape index (κ1) is 17.9. The molecule has 0 bridgehead atoms. The number of aromatic hydroxyl groups is 1. The molecule has 0 spiro atoms. The number of halogens is 3. The van der Waals surface area contributed by atoms with Crippen LogP contribution in [0.1, 0.15) is 23.0 Å². The van der Waals surface area contributed by atoms with E-state index in [0.29, 0.717) is 12.1 Å². The van der Waals surface area contributed by atoms with Crippen LogP contribution in [-0.4, -0.2) is 27.2 Å². The molecule has 0 aliphatic rings. The highest BCUT2D eigenvalue weighted by Crippen LogP contribution is 2.43. The maximum absolute atomic E-state index is 12.0. The van der Waals surface area contributed by atoms with E-state index in [1.165, 1.54) is 0 Å². The number of fused-ring (bicyclic) bond motifs is 1. The number of ether oxygens (including phenoxy) is 1. The zero-order valence-electron chi connectivity index (χ0n) is 13.1. The minimum absolute atomic E-state index is 0.000541. The van der Waals surface area contributed by atoms with Crippen LogP contribution in [0.25, 0.3) is 10.9 Å². The summed E-state index contributed by atoms with van der Waals surface area (Å²) in [4.78, 5) is 15.9. The second-order valence-electron chi connectivity index (χ2n) is 5.22. The first-order valence-corrected chi connectivity index (χ1v) is 8.55. The van der Waals surface area contributed by atoms with Crippen LogP contribution >= 0.6 is 34.8 Å². The Kier molecular flexibility index (Phi) is 5.08. The summed E-state index contributed by atoms with van der Waals surface area (Å²) in [6.07, 6.45) is 0. The number of benzene rings is 1. The second kappa shape index (κ2) is 7.12. The zero-order chi connectivity index (χ0) is 18.1. The van der Waals surface area contributed by atoms with E-state index >= 15 is 0 Å². The standard InChI is InChI=1S/C17H13Cl3N2O3/c1-2-25-17(24)12-14(23)10-11(18)16(20)22(13(10)15(19)21-12)8-9-6-4-3-5-7-9/h3-7,23H,2,8H2,1H3. The minimum atomic E-state index is -0.785. The molecule has 2 heterocycles. The van der Waals surface area contributed by atoms with Gasteiger partial charge in [-0.2, -0.15) is 0 Å². The van der Waals surface area contributed by atoms with Crippen molar-refractivity contribution in [1.82, 2.24) is 9.55 Å². The van der Waals surface area contributed by atoms with E-state index in [4.69, 9.17) is 39.5 Å². The second-order valence-corrected chi connectivity index (χ2v) is 6.31. The van der Waals surface area contributed by atoms with Crippen LogP contribution in [0, 0.1) is 0 Å². The lowest BCUT2D eigenvalue weighted by molar-refractivity contribution is 0.0516. The number of rotatable bonds is 4. The van der Waals surface area contributed by atoms with Gasteiger partial charge in [0.1, 0.15) is 5.15 Å². The van der Waals surface area contributed by atoms with Crippen molar-refractivity contribution in [3.8, 4) is 5.75 Å². The van der Waals surface area contributed by atoms with Gasteiger partial charge in [0.15, 0.2) is 16.6 Å². The Labute approximate surface area is 158 Å². The molecule has 0 saturated heterocycles. The van der Waals surface area contributed by atoms with E-state index in [1.54, 1.807) is 11.5 Å². The fourth-order valence-electron chi connectivity index (χ4n) is 2.57. The summed E-state index contributed by atoms with van der Waals surface area (Å²) in [5.74, 6) is -1.19. The molecule has 130 valence electrons. The van der Waals surface area contributed by atoms with E-state index < -0.39 is 11.7 Å². The monoisotopic (exact) mass is 398 g/mol. The van der Waals surface area contributed by atoms with Crippen molar-refractivity contribution in [2.75, 3.05) is 6.61 Å². The third-order valence-electron chi connectivity index (χ3n) is 3.66. The van der Waals surface area contributed by atoms with Crippen LogP contribution in [0.15, 0.2) is 30.3 Å². The normalized spacial score (nSPS) is 11.0. The summed E-state index contributed by atoms with van der Waals surface area (Å²) < 4.78 is 6.52. The van der Waals surface area contributed by atoms with Gasteiger partial charge in [-0.3, -0.25) is 0 Å². The highest BCUT2D eigenvalue weighted by atomic mass is 35.5. The van der Waals surface area contributed by atoms with Crippen molar-refractivity contribution in [2.45, 2.75) is 13.5 Å². The molecule has 1 aromatic carbocycles. The Morgan fingerprint density at radius 2 is 1.92 bits per heavy atom. The molecule has 0 fully saturated rings. The van der Waals surface area contributed by atoms with Crippen LogP contribution in [0.3, 0.4) is 0 Å². The molecule has 0 unspecified atom stereocenters. The fraction of sp³-hybridized carbons (Fsp3) is 0.176. The van der Waals surface area contributed by atoms with Gasteiger partial charge in [0.05, 0.1) is 22.5 Å². The SMILES string of the molecule is CCOC(=O)c1nc(Cl)c2c(c1O)c(Cl)c(Cl)n2Cc1ccccc1. The topological polar surface area (TPSA) is 64.3 Å². The summed E-state index contributed by atoms with van der Waals surface area (Å²) in [6.45, 7) is 2.16. The van der Waals surface area contributed by atoms with Gasteiger partial charge in [0.2, 0.25) is 0 Å². The molecule has 25 heavy (non-hydrogen) atoms. The summed E-state index contributed by atoms with van der Waals surface area (Å²) >= 11 is 18.9. The van der Waals surface area contributed by atoms with Gasteiger partial charge in [-0.1, -0.05) is 65.1 Å². The molecule has 0 aliphatic heterocycles. The third-order valence-corrected chi connectivity index (χ3v) is 4.78. The lowest BCUT2D eigenvalue weighted by Crippen LogP contribution is -2.08. The van der Waals surface area contributed by atoms with E-state index in [9.17, 15) is 9.90 Å². The van der Waals surface area contributed by atoms with Crippen molar-refractivity contribution < 1.29 is 14.6 Å². The smallest absolute Gasteiger partial charge is 0.360 e. The predicted molar refractivity (Wildman–Crippen MR) is 97.9 cm³/mol. The Balaban J connectivity index is 2.22. The first-order chi connectivity index (χ1) is 12.0. The van der Waals surface area contributed by atoms with Crippen LogP contribution in [0.5, 0.6) is 5.75 Å². The highest BCUT2D eigenvalue weighted by molar-refractivity contribution is 6.47. The fourth-order valence-corrected chi connectivity index (χ4v) is 3.37. The van der Waals surface area contributed by atoms with Gasteiger partial charge in [-0.25, -0.2) is 9.78 Å². The van der Waals surface area contributed by atoms with Crippen LogP contribution in [-0.2, 0) is 11.3 Å². The molecular weight excluding hydrogens is 387 g/mol. The van der Waals surface area contributed by atoms with Crippen LogP contribution in [0.2, 0.25) is 15.3 Å². The Hall–Kier alpha value is -1.95. The Morgan fingerprint density at radius 3 is 2.56 bits per heavy atom. The predicted octanol–water partition coefficient (Wildman–Crippen LogP) is 4.93. The molecule has 0 amide bonds. The molecule has 3 rings (SSSR count). The van der Waals surface area contributed by atoms with E-state index in [2.05, 4.69) is 4.98 Å².